The van der Waals surface area contributed by atoms with Gasteiger partial charge in [-0.25, -0.2) is 13.8 Å². The van der Waals surface area contributed by atoms with Crippen LogP contribution in [0.5, 0.6) is 0 Å². The molecule has 6 heteroatoms. The SMILES string of the molecule is CCC1OCCC1Cn1c(CCl)nc2c(F)cc(F)cc21. The van der Waals surface area contributed by atoms with Crippen molar-refractivity contribution in [3.63, 3.8) is 0 Å². The molecule has 0 bridgehead atoms. The van der Waals surface area contributed by atoms with E-state index in [9.17, 15) is 8.78 Å². The summed E-state index contributed by atoms with van der Waals surface area (Å²) in [4.78, 5) is 4.21. The van der Waals surface area contributed by atoms with Gasteiger partial charge < -0.3 is 9.30 Å². The monoisotopic (exact) mass is 314 g/mol. The Morgan fingerprint density at radius 2 is 2.24 bits per heavy atom. The molecular weight excluding hydrogens is 298 g/mol. The number of halogens is 3. The van der Waals surface area contributed by atoms with Gasteiger partial charge in [-0.2, -0.15) is 0 Å². The van der Waals surface area contributed by atoms with E-state index in [1.54, 1.807) is 0 Å². The Morgan fingerprint density at radius 1 is 1.43 bits per heavy atom. The Morgan fingerprint density at radius 3 is 2.95 bits per heavy atom. The molecule has 3 rings (SSSR count). The number of fused-ring (bicyclic) bond motifs is 1. The van der Waals surface area contributed by atoms with Gasteiger partial charge in [0.25, 0.3) is 0 Å². The zero-order valence-electron chi connectivity index (χ0n) is 11.8. The summed E-state index contributed by atoms with van der Waals surface area (Å²) < 4.78 is 34.9. The summed E-state index contributed by atoms with van der Waals surface area (Å²) in [5.41, 5.74) is 0.643. The first-order valence-electron chi connectivity index (χ1n) is 7.15. The normalized spacial score (nSPS) is 22.3. The Balaban J connectivity index is 2.04. The molecule has 1 aliphatic heterocycles. The van der Waals surface area contributed by atoms with Crippen molar-refractivity contribution in [3.05, 3.63) is 29.6 Å². The van der Waals surface area contributed by atoms with Gasteiger partial charge in [0, 0.05) is 25.1 Å². The molecule has 1 aliphatic rings. The van der Waals surface area contributed by atoms with Gasteiger partial charge in [-0.15, -0.1) is 11.6 Å². The quantitative estimate of drug-likeness (QED) is 0.801. The molecule has 0 radical (unpaired) electrons. The van der Waals surface area contributed by atoms with Crippen LogP contribution in [-0.4, -0.2) is 22.3 Å². The third kappa shape index (κ3) is 2.64. The maximum Gasteiger partial charge on any atom is 0.153 e. The minimum atomic E-state index is -0.648. The predicted octanol–water partition coefficient (Wildman–Crippen LogP) is 3.87. The Kier molecular flexibility index (Phi) is 4.13. The summed E-state index contributed by atoms with van der Waals surface area (Å²) in [5.74, 6) is -0.194. The average molecular weight is 315 g/mol. The highest BCUT2D eigenvalue weighted by Crippen LogP contribution is 2.29. The van der Waals surface area contributed by atoms with Crippen molar-refractivity contribution in [2.75, 3.05) is 6.61 Å². The number of nitrogens with zero attached hydrogens (tertiary/aromatic N) is 2. The number of imidazole rings is 1. The highest BCUT2D eigenvalue weighted by molar-refractivity contribution is 6.16. The summed E-state index contributed by atoms with van der Waals surface area (Å²) >= 11 is 5.92. The molecule has 1 saturated heterocycles. The second-order valence-electron chi connectivity index (χ2n) is 5.39. The molecule has 0 spiro atoms. The molecule has 0 amide bonds. The average Bonchev–Trinajstić information content (AvgIpc) is 3.04. The van der Waals surface area contributed by atoms with Crippen molar-refractivity contribution in [1.82, 2.24) is 9.55 Å². The molecule has 0 N–H and O–H groups in total. The minimum Gasteiger partial charge on any atom is -0.378 e. The molecule has 2 heterocycles. The lowest BCUT2D eigenvalue weighted by atomic mass is 9.99. The van der Waals surface area contributed by atoms with Crippen LogP contribution in [0.25, 0.3) is 11.0 Å². The van der Waals surface area contributed by atoms with E-state index in [4.69, 9.17) is 16.3 Å². The zero-order chi connectivity index (χ0) is 15.0. The molecule has 2 aromatic rings. The van der Waals surface area contributed by atoms with Gasteiger partial charge in [0.05, 0.1) is 17.5 Å². The lowest BCUT2D eigenvalue weighted by Crippen LogP contribution is -2.21. The summed E-state index contributed by atoms with van der Waals surface area (Å²) in [7, 11) is 0. The third-order valence-electron chi connectivity index (χ3n) is 4.14. The van der Waals surface area contributed by atoms with Crippen LogP contribution in [-0.2, 0) is 17.2 Å². The van der Waals surface area contributed by atoms with Crippen molar-refractivity contribution in [1.29, 1.82) is 0 Å². The van der Waals surface area contributed by atoms with E-state index in [0.717, 1.165) is 25.5 Å². The van der Waals surface area contributed by atoms with Crippen LogP contribution >= 0.6 is 11.6 Å². The van der Waals surface area contributed by atoms with E-state index in [1.165, 1.54) is 6.07 Å². The Hall–Kier alpha value is -1.20. The van der Waals surface area contributed by atoms with Crippen molar-refractivity contribution in [2.45, 2.75) is 38.3 Å². The third-order valence-corrected chi connectivity index (χ3v) is 4.38. The van der Waals surface area contributed by atoms with Crippen LogP contribution in [0.2, 0.25) is 0 Å². The lowest BCUT2D eigenvalue weighted by Gasteiger charge is -2.19. The highest BCUT2D eigenvalue weighted by Gasteiger charge is 2.28. The van der Waals surface area contributed by atoms with Crippen LogP contribution in [0, 0.1) is 17.6 Å². The van der Waals surface area contributed by atoms with Crippen molar-refractivity contribution in [3.8, 4) is 0 Å². The van der Waals surface area contributed by atoms with E-state index < -0.39 is 11.6 Å². The van der Waals surface area contributed by atoms with Gasteiger partial charge in [0.15, 0.2) is 5.82 Å². The fourth-order valence-electron chi connectivity index (χ4n) is 3.09. The van der Waals surface area contributed by atoms with Gasteiger partial charge >= 0.3 is 0 Å². The highest BCUT2D eigenvalue weighted by atomic mass is 35.5. The second-order valence-corrected chi connectivity index (χ2v) is 5.66. The van der Waals surface area contributed by atoms with Crippen molar-refractivity contribution in [2.24, 2.45) is 5.92 Å². The first kappa shape index (κ1) is 14.7. The van der Waals surface area contributed by atoms with Gasteiger partial charge in [-0.05, 0) is 18.9 Å². The summed E-state index contributed by atoms with van der Waals surface area (Å²) in [5, 5.41) is 0. The van der Waals surface area contributed by atoms with Gasteiger partial charge in [-0.3, -0.25) is 0 Å². The number of rotatable bonds is 4. The molecule has 1 aromatic heterocycles. The van der Waals surface area contributed by atoms with E-state index in [1.807, 2.05) is 4.57 Å². The van der Waals surface area contributed by atoms with Crippen molar-refractivity contribution < 1.29 is 13.5 Å². The Labute approximate surface area is 126 Å². The molecule has 0 aliphatic carbocycles. The van der Waals surface area contributed by atoms with Crippen LogP contribution in [0.15, 0.2) is 12.1 Å². The van der Waals surface area contributed by atoms with Gasteiger partial charge in [0.1, 0.15) is 17.2 Å². The van der Waals surface area contributed by atoms with E-state index in [0.29, 0.717) is 23.8 Å². The molecule has 21 heavy (non-hydrogen) atoms. The number of alkyl halides is 1. The maximum atomic E-state index is 13.8. The lowest BCUT2D eigenvalue weighted by molar-refractivity contribution is 0.0836. The van der Waals surface area contributed by atoms with Crippen LogP contribution in [0.3, 0.4) is 0 Å². The Bertz CT molecular complexity index is 659. The minimum absolute atomic E-state index is 0.167. The summed E-state index contributed by atoms with van der Waals surface area (Å²) in [6, 6.07) is 2.17. The number of aromatic nitrogens is 2. The van der Waals surface area contributed by atoms with Crippen LogP contribution < -0.4 is 0 Å². The fourth-order valence-corrected chi connectivity index (χ4v) is 3.29. The van der Waals surface area contributed by atoms with E-state index in [2.05, 4.69) is 11.9 Å². The van der Waals surface area contributed by atoms with Crippen LogP contribution in [0.1, 0.15) is 25.6 Å². The molecule has 2 atom stereocenters. The van der Waals surface area contributed by atoms with Gasteiger partial charge in [0.2, 0.25) is 0 Å². The predicted molar refractivity (Wildman–Crippen MR) is 77.3 cm³/mol. The van der Waals surface area contributed by atoms with Crippen molar-refractivity contribution >= 4 is 22.6 Å². The molecule has 2 unspecified atom stereocenters. The maximum absolute atomic E-state index is 13.8. The smallest absolute Gasteiger partial charge is 0.153 e. The number of hydrogen-bond acceptors (Lipinski definition) is 2. The second kappa shape index (κ2) is 5.89. The number of benzene rings is 1. The molecule has 0 saturated carbocycles. The topological polar surface area (TPSA) is 27.1 Å². The van der Waals surface area contributed by atoms with Gasteiger partial charge in [-0.1, -0.05) is 6.92 Å². The molecule has 114 valence electrons. The molecular formula is C15H17ClF2N2O. The molecule has 1 aromatic carbocycles. The fraction of sp³-hybridized carbons (Fsp3) is 0.533. The molecule has 3 nitrogen and oxygen atoms in total. The van der Waals surface area contributed by atoms with E-state index in [-0.39, 0.29) is 17.5 Å². The van der Waals surface area contributed by atoms with Crippen LogP contribution in [0.4, 0.5) is 8.78 Å². The first-order valence-corrected chi connectivity index (χ1v) is 7.69. The largest absolute Gasteiger partial charge is 0.378 e. The zero-order valence-corrected chi connectivity index (χ0v) is 12.5. The standard InChI is InChI=1S/C15H17ClF2N2O/c1-2-13-9(3-4-21-13)8-20-12-6-10(17)5-11(18)15(12)19-14(20)7-16/h5-6,9,13H,2-4,7-8H2,1H3. The number of hydrogen-bond donors (Lipinski definition) is 0. The van der Waals surface area contributed by atoms with E-state index >= 15 is 0 Å². The summed E-state index contributed by atoms with van der Waals surface area (Å²) in [6.45, 7) is 3.44. The number of ether oxygens (including phenoxy) is 1. The molecule has 1 fully saturated rings. The summed E-state index contributed by atoms with van der Waals surface area (Å²) in [6.07, 6.45) is 2.05. The first-order chi connectivity index (χ1) is 10.1.